The third kappa shape index (κ3) is 7.47. The summed E-state index contributed by atoms with van der Waals surface area (Å²) < 4.78 is 64.8. The van der Waals surface area contributed by atoms with Gasteiger partial charge in [-0.25, -0.2) is 19.7 Å². The molecular weight excluding hydrogens is 559 g/mol. The first-order valence-electron chi connectivity index (χ1n) is 13.0. The smallest absolute Gasteiger partial charge is 0.484 e. The minimum atomic E-state index is -4.82. The van der Waals surface area contributed by atoms with Crippen molar-refractivity contribution in [2.24, 2.45) is 0 Å². The number of rotatable bonds is 12. The van der Waals surface area contributed by atoms with E-state index in [1.54, 1.807) is 18.2 Å². The second kappa shape index (κ2) is 12.0. The molecule has 0 amide bonds. The van der Waals surface area contributed by atoms with Crippen molar-refractivity contribution in [2.75, 3.05) is 6.61 Å². The maximum atomic E-state index is 12.6. The Morgan fingerprint density at radius 2 is 1.71 bits per heavy atom. The quantitative estimate of drug-likeness (QED) is 0.199. The van der Waals surface area contributed by atoms with Crippen LogP contribution in [0.25, 0.3) is 22.6 Å². The average molecular weight is 586 g/mol. The number of nitrogens with zero attached hydrogens (tertiary/aromatic N) is 3. The second-order valence-electron chi connectivity index (χ2n) is 9.72. The van der Waals surface area contributed by atoms with Gasteiger partial charge in [0, 0.05) is 29.1 Å². The van der Waals surface area contributed by atoms with E-state index in [4.69, 9.17) is 23.7 Å². The Labute approximate surface area is 238 Å². The zero-order chi connectivity index (χ0) is 29.9. The van der Waals surface area contributed by atoms with Crippen LogP contribution in [0.5, 0.6) is 23.3 Å². The predicted molar refractivity (Wildman–Crippen MR) is 141 cm³/mol. The number of alkyl halides is 3. The minimum absolute atomic E-state index is 0.0628. The molecule has 10 nitrogen and oxygen atoms in total. The largest absolute Gasteiger partial charge is 0.573 e. The van der Waals surface area contributed by atoms with E-state index in [0.717, 1.165) is 18.4 Å². The number of hydrogen-bond acceptors (Lipinski definition) is 9. The van der Waals surface area contributed by atoms with Crippen LogP contribution in [0.15, 0.2) is 59.3 Å². The van der Waals surface area contributed by atoms with Gasteiger partial charge in [-0.1, -0.05) is 0 Å². The number of halogens is 3. The maximum Gasteiger partial charge on any atom is 0.573 e. The first-order valence-corrected chi connectivity index (χ1v) is 13.0. The van der Waals surface area contributed by atoms with Crippen molar-refractivity contribution in [3.8, 4) is 45.8 Å². The van der Waals surface area contributed by atoms with E-state index >= 15 is 0 Å². The van der Waals surface area contributed by atoms with Crippen LogP contribution in [-0.2, 0) is 11.4 Å². The van der Waals surface area contributed by atoms with Crippen LogP contribution in [0.2, 0.25) is 0 Å². The summed E-state index contributed by atoms with van der Waals surface area (Å²) >= 11 is 0. The van der Waals surface area contributed by atoms with Gasteiger partial charge in [-0.15, -0.1) is 13.2 Å². The average Bonchev–Trinajstić information content (AvgIpc) is 3.70. The van der Waals surface area contributed by atoms with E-state index in [1.165, 1.54) is 36.7 Å². The molecule has 42 heavy (non-hydrogen) atoms. The molecule has 1 saturated carbocycles. The molecule has 13 heteroatoms. The van der Waals surface area contributed by atoms with Crippen molar-refractivity contribution in [1.82, 2.24) is 15.0 Å². The first kappa shape index (κ1) is 28.7. The molecule has 0 bridgehead atoms. The molecule has 2 aromatic carbocycles. The lowest BCUT2D eigenvalue weighted by Gasteiger charge is -2.12. The Bertz CT molecular complexity index is 1530. The molecule has 0 aliphatic heterocycles. The van der Waals surface area contributed by atoms with E-state index in [2.05, 4.69) is 19.7 Å². The highest BCUT2D eigenvalue weighted by Gasteiger charge is 2.31. The van der Waals surface area contributed by atoms with Gasteiger partial charge in [-0.3, -0.25) is 0 Å². The molecule has 5 rings (SSSR count). The summed E-state index contributed by atoms with van der Waals surface area (Å²) in [6.07, 6.45) is 0.0174. The van der Waals surface area contributed by atoms with E-state index in [1.807, 2.05) is 13.8 Å². The number of carboxylic acid groups (broad SMARTS) is 1. The van der Waals surface area contributed by atoms with Gasteiger partial charge in [0.15, 0.2) is 19.0 Å². The molecule has 1 fully saturated rings. The normalized spacial score (nSPS) is 13.2. The topological polar surface area (TPSA) is 126 Å². The molecule has 0 atom stereocenters. The second-order valence-corrected chi connectivity index (χ2v) is 9.72. The van der Waals surface area contributed by atoms with Crippen LogP contribution in [-0.4, -0.2) is 45.1 Å². The summed E-state index contributed by atoms with van der Waals surface area (Å²) in [6.45, 7) is 3.17. The van der Waals surface area contributed by atoms with Crippen molar-refractivity contribution in [1.29, 1.82) is 0 Å². The van der Waals surface area contributed by atoms with Gasteiger partial charge in [0.1, 0.15) is 22.9 Å². The molecule has 0 unspecified atom stereocenters. The van der Waals surface area contributed by atoms with Crippen molar-refractivity contribution in [2.45, 2.75) is 51.7 Å². The zero-order valence-corrected chi connectivity index (χ0v) is 22.6. The van der Waals surface area contributed by atoms with Gasteiger partial charge < -0.3 is 28.5 Å². The van der Waals surface area contributed by atoms with E-state index in [-0.39, 0.29) is 42.0 Å². The van der Waals surface area contributed by atoms with Crippen LogP contribution in [0.1, 0.15) is 44.1 Å². The Hall–Kier alpha value is -4.81. The molecule has 1 aliphatic carbocycles. The number of aromatic nitrogens is 3. The Morgan fingerprint density at radius 3 is 2.33 bits per heavy atom. The maximum absolute atomic E-state index is 12.6. The molecule has 4 aromatic rings. The van der Waals surface area contributed by atoms with Gasteiger partial charge in [0.25, 0.3) is 0 Å². The fourth-order valence-electron chi connectivity index (χ4n) is 4.08. The number of carboxylic acids is 1. The molecule has 220 valence electrons. The zero-order valence-electron chi connectivity index (χ0n) is 22.6. The lowest BCUT2D eigenvalue weighted by molar-refractivity contribution is -0.274. The molecular formula is C29H26F3N3O7. The monoisotopic (exact) mass is 585 g/mol. The van der Waals surface area contributed by atoms with Crippen LogP contribution in [0.4, 0.5) is 13.2 Å². The highest BCUT2D eigenvalue weighted by Crippen LogP contribution is 2.46. The number of benzene rings is 2. The van der Waals surface area contributed by atoms with Gasteiger partial charge in [0.05, 0.1) is 6.10 Å². The molecule has 0 radical (unpaired) electrons. The minimum Gasteiger partial charge on any atom is -0.484 e. The fraction of sp³-hybridized carbons (Fsp3) is 0.310. The van der Waals surface area contributed by atoms with Crippen molar-refractivity contribution >= 4 is 5.97 Å². The van der Waals surface area contributed by atoms with Crippen LogP contribution >= 0.6 is 0 Å². The molecule has 0 saturated heterocycles. The SMILES string of the molecule is CC(C)Oc1ncc(-c2nc(COc3ccc(OCC(=O)O)cc3C3CC3)oc2-c2ccc(OC(F)(F)F)cc2)cn1. The predicted octanol–water partition coefficient (Wildman–Crippen LogP) is 6.40. The van der Waals surface area contributed by atoms with Crippen molar-refractivity contribution in [3.05, 3.63) is 66.3 Å². The first-order chi connectivity index (χ1) is 20.0. The van der Waals surface area contributed by atoms with Gasteiger partial charge >= 0.3 is 18.3 Å². The summed E-state index contributed by atoms with van der Waals surface area (Å²) in [5.74, 6) is 0.292. The number of aliphatic carboxylic acids is 1. The van der Waals surface area contributed by atoms with Gasteiger partial charge in [-0.05, 0) is 75.1 Å². The molecule has 2 aromatic heterocycles. The van der Waals surface area contributed by atoms with Crippen LogP contribution in [0, 0.1) is 0 Å². The number of ether oxygens (including phenoxy) is 4. The van der Waals surface area contributed by atoms with Crippen molar-refractivity contribution in [3.63, 3.8) is 0 Å². The van der Waals surface area contributed by atoms with E-state index in [9.17, 15) is 18.0 Å². The van der Waals surface area contributed by atoms with E-state index < -0.39 is 18.9 Å². The Balaban J connectivity index is 1.42. The van der Waals surface area contributed by atoms with Crippen LogP contribution < -0.4 is 18.9 Å². The van der Waals surface area contributed by atoms with Crippen molar-refractivity contribution < 1.29 is 46.4 Å². The summed E-state index contributed by atoms with van der Waals surface area (Å²) in [6, 6.07) is 10.5. The Morgan fingerprint density at radius 1 is 1.02 bits per heavy atom. The summed E-state index contributed by atoms with van der Waals surface area (Å²) in [7, 11) is 0. The van der Waals surface area contributed by atoms with Crippen LogP contribution in [0.3, 0.4) is 0 Å². The highest BCUT2D eigenvalue weighted by atomic mass is 19.4. The number of oxazole rings is 1. The summed E-state index contributed by atoms with van der Waals surface area (Å²) in [4.78, 5) is 23.9. The third-order valence-corrected chi connectivity index (χ3v) is 5.98. The molecule has 2 heterocycles. The molecule has 1 aliphatic rings. The van der Waals surface area contributed by atoms with Gasteiger partial charge in [0.2, 0.25) is 5.89 Å². The lowest BCUT2D eigenvalue weighted by Crippen LogP contribution is -2.16. The molecule has 1 N–H and O–H groups in total. The molecule has 0 spiro atoms. The van der Waals surface area contributed by atoms with E-state index in [0.29, 0.717) is 28.3 Å². The Kier molecular flexibility index (Phi) is 8.18. The summed E-state index contributed by atoms with van der Waals surface area (Å²) in [5, 5.41) is 8.89. The third-order valence-electron chi connectivity index (χ3n) is 5.98. The lowest BCUT2D eigenvalue weighted by atomic mass is 10.1. The number of carbonyl (C=O) groups is 1. The summed E-state index contributed by atoms with van der Waals surface area (Å²) in [5.41, 5.74) is 2.18. The standard InChI is InChI=1S/C29H26F3N3O7/c1-16(2)40-28-33-12-19(13-34-28)26-27(18-5-7-20(8-6-18)42-29(30,31)32)41-24(35-26)14-39-23-10-9-21(38-15-25(36)37)11-22(23)17-3-4-17/h5-13,16-17H,3-4,14-15H2,1-2H3,(H,36,37). The fourth-order valence-corrected chi connectivity index (χ4v) is 4.08. The number of hydrogen-bond donors (Lipinski definition) is 1. The van der Waals surface area contributed by atoms with Gasteiger partial charge in [-0.2, -0.15) is 0 Å². The highest BCUT2D eigenvalue weighted by molar-refractivity contribution is 5.76.